The van der Waals surface area contributed by atoms with E-state index in [9.17, 15) is 4.79 Å². The van der Waals surface area contributed by atoms with Gasteiger partial charge in [-0.25, -0.2) is 5.43 Å². The quantitative estimate of drug-likeness (QED) is 0.590. The fourth-order valence-electron chi connectivity index (χ4n) is 2.14. The van der Waals surface area contributed by atoms with Crippen LogP contribution in [0, 0.1) is 0 Å². The van der Waals surface area contributed by atoms with Gasteiger partial charge < -0.3 is 4.74 Å². The summed E-state index contributed by atoms with van der Waals surface area (Å²) in [4.78, 5) is 12.8. The highest BCUT2D eigenvalue weighted by Crippen LogP contribution is 2.36. The normalized spacial score (nSPS) is 11.0. The maximum absolute atomic E-state index is 11.9. The number of hydrogen-bond acceptors (Lipinski definition) is 4. The van der Waals surface area contributed by atoms with Crippen LogP contribution in [-0.2, 0) is 0 Å². The van der Waals surface area contributed by atoms with Crippen LogP contribution in [-0.4, -0.2) is 19.2 Å². The zero-order valence-corrected chi connectivity index (χ0v) is 12.8. The van der Waals surface area contributed by atoms with Gasteiger partial charge in [0, 0.05) is 15.6 Å². The summed E-state index contributed by atoms with van der Waals surface area (Å²) in [5, 5.41) is 5.07. The van der Waals surface area contributed by atoms with Gasteiger partial charge in [-0.3, -0.25) is 4.79 Å². The maximum atomic E-state index is 11.9. The molecule has 0 saturated heterocycles. The van der Waals surface area contributed by atoms with Crippen LogP contribution in [0.2, 0.25) is 0 Å². The van der Waals surface area contributed by atoms with E-state index in [0.717, 1.165) is 20.7 Å². The molecule has 5 heteroatoms. The molecule has 2 aromatic carbocycles. The summed E-state index contributed by atoms with van der Waals surface area (Å²) in [6, 6.07) is 17.0. The van der Waals surface area contributed by atoms with E-state index in [-0.39, 0.29) is 5.91 Å². The van der Waals surface area contributed by atoms with Gasteiger partial charge in [0.25, 0.3) is 5.91 Å². The van der Waals surface area contributed by atoms with Gasteiger partial charge in [-0.2, -0.15) is 5.10 Å². The number of methoxy groups -OCH3 is 1. The van der Waals surface area contributed by atoms with Crippen LogP contribution in [0.5, 0.6) is 5.75 Å². The third-order valence-corrected chi connectivity index (χ3v) is 4.25. The van der Waals surface area contributed by atoms with Crippen LogP contribution in [0.1, 0.15) is 15.2 Å². The Morgan fingerprint density at radius 1 is 1.14 bits per heavy atom. The standard InChI is InChI=1S/C17H14N2O2S/c1-21-16-13-9-5-6-10-14(13)22-15(16)11-18-19-17(20)12-7-3-2-4-8-12/h2-11H,1H3,(H,19,20)/b18-11-. The smallest absolute Gasteiger partial charge is 0.271 e. The average molecular weight is 310 g/mol. The number of amides is 1. The monoisotopic (exact) mass is 310 g/mol. The lowest BCUT2D eigenvalue weighted by molar-refractivity contribution is 0.0955. The van der Waals surface area contributed by atoms with E-state index in [1.807, 2.05) is 42.5 Å². The van der Waals surface area contributed by atoms with Crippen molar-refractivity contribution in [3.8, 4) is 5.75 Å². The average Bonchev–Trinajstić information content (AvgIpc) is 2.93. The first-order chi connectivity index (χ1) is 10.8. The molecule has 0 aliphatic rings. The van der Waals surface area contributed by atoms with Gasteiger partial charge in [0.05, 0.1) is 18.2 Å². The van der Waals surface area contributed by atoms with Gasteiger partial charge in [0.15, 0.2) is 0 Å². The number of hydrogen-bond donors (Lipinski definition) is 1. The molecule has 1 heterocycles. The van der Waals surface area contributed by atoms with E-state index < -0.39 is 0 Å². The molecule has 0 atom stereocenters. The van der Waals surface area contributed by atoms with Gasteiger partial charge in [-0.1, -0.05) is 30.3 Å². The maximum Gasteiger partial charge on any atom is 0.271 e. The van der Waals surface area contributed by atoms with Gasteiger partial charge in [-0.05, 0) is 24.3 Å². The molecule has 1 N–H and O–H groups in total. The van der Waals surface area contributed by atoms with Crippen molar-refractivity contribution in [2.45, 2.75) is 0 Å². The van der Waals surface area contributed by atoms with Gasteiger partial charge in [0.2, 0.25) is 0 Å². The van der Waals surface area contributed by atoms with Crippen molar-refractivity contribution >= 4 is 33.5 Å². The molecule has 0 fully saturated rings. The number of rotatable bonds is 4. The van der Waals surface area contributed by atoms with E-state index in [2.05, 4.69) is 10.5 Å². The minimum absolute atomic E-state index is 0.239. The second-order valence-electron chi connectivity index (χ2n) is 4.56. The molecule has 0 aliphatic carbocycles. The van der Waals surface area contributed by atoms with Crippen LogP contribution < -0.4 is 10.2 Å². The van der Waals surface area contributed by atoms with Gasteiger partial charge in [-0.15, -0.1) is 11.3 Å². The minimum Gasteiger partial charge on any atom is -0.495 e. The molecule has 1 aromatic heterocycles. The molecule has 0 saturated carbocycles. The summed E-state index contributed by atoms with van der Waals surface area (Å²) in [6.07, 6.45) is 1.62. The number of nitrogens with one attached hydrogen (secondary N) is 1. The molecule has 1 amide bonds. The third-order valence-electron chi connectivity index (χ3n) is 3.16. The lowest BCUT2D eigenvalue weighted by atomic mass is 10.2. The van der Waals surface area contributed by atoms with Crippen molar-refractivity contribution in [3.63, 3.8) is 0 Å². The van der Waals surface area contributed by atoms with E-state index in [0.29, 0.717) is 5.56 Å². The summed E-state index contributed by atoms with van der Waals surface area (Å²) >= 11 is 1.57. The highest BCUT2D eigenvalue weighted by atomic mass is 32.1. The summed E-state index contributed by atoms with van der Waals surface area (Å²) in [5.41, 5.74) is 3.10. The van der Waals surface area contributed by atoms with Crippen LogP contribution >= 0.6 is 11.3 Å². The summed E-state index contributed by atoms with van der Waals surface area (Å²) in [5.74, 6) is 0.537. The molecule has 110 valence electrons. The molecule has 22 heavy (non-hydrogen) atoms. The predicted octanol–water partition coefficient (Wildman–Crippen LogP) is 3.67. The number of thiophene rings is 1. The predicted molar refractivity (Wildman–Crippen MR) is 89.9 cm³/mol. The highest BCUT2D eigenvalue weighted by Gasteiger charge is 2.10. The van der Waals surface area contributed by atoms with E-state index >= 15 is 0 Å². The molecule has 3 aromatic rings. The van der Waals surface area contributed by atoms with Crippen LogP contribution in [0.3, 0.4) is 0 Å². The van der Waals surface area contributed by atoms with E-state index in [4.69, 9.17) is 4.74 Å². The molecule has 3 rings (SSSR count). The Kier molecular flexibility index (Phi) is 4.16. The number of fused-ring (bicyclic) bond motifs is 1. The topological polar surface area (TPSA) is 50.7 Å². The Morgan fingerprint density at radius 2 is 1.86 bits per heavy atom. The highest BCUT2D eigenvalue weighted by molar-refractivity contribution is 7.21. The molecular weight excluding hydrogens is 296 g/mol. The Labute approximate surface area is 132 Å². The van der Waals surface area contributed by atoms with Crippen LogP contribution in [0.4, 0.5) is 0 Å². The summed E-state index contributed by atoms with van der Waals surface area (Å²) < 4.78 is 6.57. The van der Waals surface area contributed by atoms with Crippen LogP contribution in [0.15, 0.2) is 59.7 Å². The Hall–Kier alpha value is -2.66. The molecule has 0 radical (unpaired) electrons. The van der Waals surface area contributed by atoms with Crippen molar-refractivity contribution in [2.24, 2.45) is 5.10 Å². The number of ether oxygens (including phenoxy) is 1. The van der Waals surface area contributed by atoms with Crippen molar-refractivity contribution in [1.29, 1.82) is 0 Å². The van der Waals surface area contributed by atoms with Crippen molar-refractivity contribution < 1.29 is 9.53 Å². The molecular formula is C17H14N2O2S. The minimum atomic E-state index is -0.239. The number of hydrazone groups is 1. The molecule has 4 nitrogen and oxygen atoms in total. The second kappa shape index (κ2) is 6.41. The zero-order chi connectivity index (χ0) is 15.4. The van der Waals surface area contributed by atoms with Crippen LogP contribution in [0.25, 0.3) is 10.1 Å². The van der Waals surface area contributed by atoms with E-state index in [1.165, 1.54) is 0 Å². The molecule has 0 aliphatic heterocycles. The second-order valence-corrected chi connectivity index (χ2v) is 5.64. The van der Waals surface area contributed by atoms with E-state index in [1.54, 1.807) is 36.8 Å². The summed E-state index contributed by atoms with van der Waals surface area (Å²) in [7, 11) is 1.63. The molecule has 0 bridgehead atoms. The van der Waals surface area contributed by atoms with Crippen molar-refractivity contribution in [1.82, 2.24) is 5.43 Å². The Balaban J connectivity index is 1.80. The molecule has 0 unspecified atom stereocenters. The number of carbonyl (C=O) groups excluding carboxylic acids is 1. The first-order valence-corrected chi connectivity index (χ1v) is 7.55. The third kappa shape index (κ3) is 2.84. The Bertz CT molecular complexity index is 825. The summed E-state index contributed by atoms with van der Waals surface area (Å²) in [6.45, 7) is 0. The SMILES string of the molecule is COc1c(/C=N\NC(=O)c2ccccc2)sc2ccccc12. The first kappa shape index (κ1) is 14.3. The lowest BCUT2D eigenvalue weighted by Gasteiger charge is -2.00. The number of benzene rings is 2. The van der Waals surface area contributed by atoms with Crippen molar-refractivity contribution in [2.75, 3.05) is 7.11 Å². The number of nitrogens with zero attached hydrogens (tertiary/aromatic N) is 1. The number of carbonyl (C=O) groups is 1. The molecule has 0 spiro atoms. The first-order valence-electron chi connectivity index (χ1n) is 6.73. The van der Waals surface area contributed by atoms with Crippen molar-refractivity contribution in [3.05, 3.63) is 65.0 Å². The zero-order valence-electron chi connectivity index (χ0n) is 11.9. The lowest BCUT2D eigenvalue weighted by Crippen LogP contribution is -2.17. The fraction of sp³-hybridized carbons (Fsp3) is 0.0588. The largest absolute Gasteiger partial charge is 0.495 e. The Morgan fingerprint density at radius 3 is 2.64 bits per heavy atom. The van der Waals surface area contributed by atoms with Gasteiger partial charge in [0.1, 0.15) is 5.75 Å². The fourth-order valence-corrected chi connectivity index (χ4v) is 3.19. The van der Waals surface area contributed by atoms with Gasteiger partial charge >= 0.3 is 0 Å².